The molecule has 1 N–H and O–H groups in total. The highest BCUT2D eigenvalue weighted by Crippen LogP contribution is 2.50. The summed E-state index contributed by atoms with van der Waals surface area (Å²) in [6, 6.07) is 0. The summed E-state index contributed by atoms with van der Waals surface area (Å²) in [6.45, 7) is 1.90. The van der Waals surface area contributed by atoms with Crippen LogP contribution < -0.4 is 5.32 Å². The molecule has 2 spiro atoms. The van der Waals surface area contributed by atoms with E-state index < -0.39 is 17.8 Å². The van der Waals surface area contributed by atoms with Gasteiger partial charge in [0, 0.05) is 19.8 Å². The summed E-state index contributed by atoms with van der Waals surface area (Å²) in [5.74, 6) is -3.04. The molecule has 0 saturated carbocycles. The summed E-state index contributed by atoms with van der Waals surface area (Å²) in [7, 11) is 0. The normalized spacial score (nSPS) is 30.8. The van der Waals surface area contributed by atoms with Crippen LogP contribution in [0, 0.1) is 5.41 Å². The molecule has 6 nitrogen and oxygen atoms in total. The van der Waals surface area contributed by atoms with E-state index in [0.29, 0.717) is 19.8 Å². The largest absolute Gasteiger partial charge is 0.421 e. The van der Waals surface area contributed by atoms with Crippen LogP contribution in [0.5, 0.6) is 0 Å². The first kappa shape index (κ1) is 10.0. The van der Waals surface area contributed by atoms with Crippen molar-refractivity contribution in [2.45, 2.75) is 25.2 Å². The second-order valence-corrected chi connectivity index (χ2v) is 4.47. The fourth-order valence-corrected chi connectivity index (χ4v) is 2.81. The molecule has 0 aliphatic carbocycles. The number of fused-ring (bicyclic) bond motifs is 1. The van der Waals surface area contributed by atoms with Crippen molar-refractivity contribution in [3.63, 3.8) is 0 Å². The zero-order valence-corrected chi connectivity index (χ0v) is 8.78. The van der Waals surface area contributed by atoms with Gasteiger partial charge in [0.25, 0.3) is 0 Å². The molecular formula is C10H13NO5. The molecule has 0 atom stereocenters. The van der Waals surface area contributed by atoms with Crippen molar-refractivity contribution >= 4 is 11.9 Å². The number of nitrogens with one attached hydrogen (secondary N) is 1. The average Bonchev–Trinajstić information content (AvgIpc) is 2.73. The molecule has 3 saturated heterocycles. The minimum Gasteiger partial charge on any atom is -0.399 e. The smallest absolute Gasteiger partial charge is 0.399 e. The predicted octanol–water partition coefficient (Wildman–Crippen LogP) is -0.470. The van der Waals surface area contributed by atoms with Gasteiger partial charge in [-0.15, -0.1) is 0 Å². The highest BCUT2D eigenvalue weighted by atomic mass is 16.8. The molecule has 0 unspecified atom stereocenters. The Morgan fingerprint density at radius 3 is 2.25 bits per heavy atom. The summed E-state index contributed by atoms with van der Waals surface area (Å²) in [5, 5.41) is 3.01. The van der Waals surface area contributed by atoms with Gasteiger partial charge in [0.15, 0.2) is 0 Å². The van der Waals surface area contributed by atoms with Crippen molar-refractivity contribution in [1.29, 1.82) is 0 Å². The van der Waals surface area contributed by atoms with E-state index >= 15 is 0 Å². The van der Waals surface area contributed by atoms with Crippen molar-refractivity contribution in [2.75, 3.05) is 19.8 Å². The van der Waals surface area contributed by atoms with Gasteiger partial charge >= 0.3 is 17.8 Å². The van der Waals surface area contributed by atoms with E-state index in [4.69, 9.17) is 14.2 Å². The van der Waals surface area contributed by atoms with Crippen molar-refractivity contribution in [3.05, 3.63) is 0 Å². The number of ether oxygens (including phenoxy) is 3. The first-order chi connectivity index (χ1) is 7.68. The second kappa shape index (κ2) is 3.18. The van der Waals surface area contributed by atoms with Crippen LogP contribution in [0.3, 0.4) is 0 Å². The number of esters is 2. The van der Waals surface area contributed by atoms with Crippen molar-refractivity contribution < 1.29 is 23.8 Å². The van der Waals surface area contributed by atoms with Crippen LogP contribution in [-0.4, -0.2) is 37.6 Å². The Kier molecular flexibility index (Phi) is 1.99. The molecule has 3 fully saturated rings. The maximum Gasteiger partial charge on any atom is 0.421 e. The van der Waals surface area contributed by atoms with Crippen LogP contribution in [0.4, 0.5) is 0 Å². The van der Waals surface area contributed by atoms with Crippen LogP contribution in [0.15, 0.2) is 0 Å². The van der Waals surface area contributed by atoms with E-state index in [2.05, 4.69) is 5.32 Å². The minimum atomic E-state index is -1.23. The molecule has 3 aliphatic rings. The Bertz CT molecular complexity index is 331. The van der Waals surface area contributed by atoms with E-state index in [9.17, 15) is 9.59 Å². The van der Waals surface area contributed by atoms with Gasteiger partial charge in [-0.25, -0.2) is 14.9 Å². The first-order valence-corrected chi connectivity index (χ1v) is 5.47. The van der Waals surface area contributed by atoms with E-state index in [1.165, 1.54) is 0 Å². The Labute approximate surface area is 92.2 Å². The fourth-order valence-electron chi connectivity index (χ4n) is 2.81. The minimum absolute atomic E-state index is 0.312. The Hall–Kier alpha value is -1.14. The van der Waals surface area contributed by atoms with Crippen LogP contribution in [0.1, 0.15) is 19.3 Å². The highest BCUT2D eigenvalue weighted by Gasteiger charge is 2.65. The number of carbonyl (C=O) groups is 2. The molecule has 3 aliphatic heterocycles. The molecule has 0 amide bonds. The van der Waals surface area contributed by atoms with E-state index in [-0.39, 0.29) is 5.41 Å². The van der Waals surface area contributed by atoms with Gasteiger partial charge in [0.2, 0.25) is 0 Å². The van der Waals surface area contributed by atoms with Crippen molar-refractivity contribution in [1.82, 2.24) is 5.32 Å². The highest BCUT2D eigenvalue weighted by molar-refractivity contribution is 6.31. The van der Waals surface area contributed by atoms with Gasteiger partial charge in [0.1, 0.15) is 0 Å². The van der Waals surface area contributed by atoms with E-state index in [1.54, 1.807) is 0 Å². The van der Waals surface area contributed by atoms with Crippen molar-refractivity contribution in [2.24, 2.45) is 5.41 Å². The maximum atomic E-state index is 11.2. The van der Waals surface area contributed by atoms with Gasteiger partial charge < -0.3 is 14.2 Å². The van der Waals surface area contributed by atoms with Crippen LogP contribution in [-0.2, 0) is 23.8 Å². The third-order valence-corrected chi connectivity index (χ3v) is 3.75. The first-order valence-electron chi connectivity index (χ1n) is 5.47. The van der Waals surface area contributed by atoms with Gasteiger partial charge in [0.05, 0.1) is 5.41 Å². The van der Waals surface area contributed by atoms with Gasteiger partial charge in [-0.2, -0.15) is 0 Å². The molecule has 3 heterocycles. The van der Waals surface area contributed by atoms with Crippen molar-refractivity contribution in [3.8, 4) is 0 Å². The van der Waals surface area contributed by atoms with Crippen LogP contribution in [0.25, 0.3) is 0 Å². The monoisotopic (exact) mass is 227 g/mol. The predicted molar refractivity (Wildman–Crippen MR) is 50.0 cm³/mol. The Balaban J connectivity index is 1.94. The summed E-state index contributed by atoms with van der Waals surface area (Å²) in [4.78, 5) is 22.4. The fraction of sp³-hybridized carbons (Fsp3) is 0.800. The molecular weight excluding hydrogens is 214 g/mol. The summed E-state index contributed by atoms with van der Waals surface area (Å²) in [6.07, 6.45) is 2.30. The quantitative estimate of drug-likeness (QED) is 0.445. The molecule has 0 bridgehead atoms. The number of hydrogen-bond donors (Lipinski definition) is 1. The molecule has 3 rings (SSSR count). The number of hydrogen-bond acceptors (Lipinski definition) is 6. The Morgan fingerprint density at radius 1 is 1.00 bits per heavy atom. The summed E-state index contributed by atoms with van der Waals surface area (Å²) >= 11 is 0. The molecule has 88 valence electrons. The lowest BCUT2D eigenvalue weighted by Gasteiger charge is -2.41. The Morgan fingerprint density at radius 2 is 1.62 bits per heavy atom. The standard InChI is InChI=1S/C10H13NO5/c12-7-8(13)16-10(15-7)9(1-4-11-10)2-5-14-6-3-9/h11H,1-6H2. The van der Waals surface area contributed by atoms with Crippen LogP contribution in [0.2, 0.25) is 0 Å². The molecule has 16 heavy (non-hydrogen) atoms. The lowest BCUT2D eigenvalue weighted by atomic mass is 9.76. The van der Waals surface area contributed by atoms with Gasteiger partial charge in [-0.1, -0.05) is 0 Å². The third kappa shape index (κ3) is 1.14. The molecule has 0 aromatic heterocycles. The molecule has 0 aromatic carbocycles. The van der Waals surface area contributed by atoms with Crippen LogP contribution >= 0.6 is 0 Å². The topological polar surface area (TPSA) is 73.9 Å². The molecule has 6 heteroatoms. The SMILES string of the molecule is O=C1OC2(NCCC23CCOCC3)OC1=O. The lowest BCUT2D eigenvalue weighted by Crippen LogP contribution is -2.55. The third-order valence-electron chi connectivity index (χ3n) is 3.75. The zero-order chi connectivity index (χ0) is 11.2. The zero-order valence-electron chi connectivity index (χ0n) is 8.78. The molecule has 0 aromatic rings. The summed E-state index contributed by atoms with van der Waals surface area (Å²) in [5.41, 5.74) is -0.312. The lowest BCUT2D eigenvalue weighted by molar-refractivity contribution is -0.247. The number of rotatable bonds is 0. The molecule has 0 radical (unpaired) electrons. The second-order valence-electron chi connectivity index (χ2n) is 4.47. The maximum absolute atomic E-state index is 11.2. The van der Waals surface area contributed by atoms with E-state index in [0.717, 1.165) is 19.3 Å². The van der Waals surface area contributed by atoms with E-state index in [1.807, 2.05) is 0 Å². The summed E-state index contributed by atoms with van der Waals surface area (Å²) < 4.78 is 15.6. The van der Waals surface area contributed by atoms with Gasteiger partial charge in [-0.05, 0) is 19.3 Å². The van der Waals surface area contributed by atoms with Gasteiger partial charge in [-0.3, -0.25) is 0 Å². The average molecular weight is 227 g/mol. The number of carbonyl (C=O) groups excluding carboxylic acids is 2.